The summed E-state index contributed by atoms with van der Waals surface area (Å²) in [6.07, 6.45) is -13.0. The summed E-state index contributed by atoms with van der Waals surface area (Å²) in [5.74, 6) is -8.90. The van der Waals surface area contributed by atoms with Crippen LogP contribution in [0, 0.1) is 28.6 Å². The Morgan fingerprint density at radius 2 is 1.54 bits per heavy atom. The molecule has 4 aliphatic rings. The van der Waals surface area contributed by atoms with Crippen LogP contribution in [0.3, 0.4) is 0 Å². The van der Waals surface area contributed by atoms with Gasteiger partial charge in [-0.25, -0.2) is 14.4 Å². The van der Waals surface area contributed by atoms with Gasteiger partial charge >= 0.3 is 35.9 Å². The number of amides is 1. The number of esters is 4. The number of alkyl carbamates (subject to hydrolysis) is 1. The molecule has 0 aromatic heterocycles. The third-order valence-electron chi connectivity index (χ3n) is 14.4. The molecule has 1 amide bonds. The first-order valence-corrected chi connectivity index (χ1v) is 22.4. The third-order valence-corrected chi connectivity index (χ3v) is 14.4. The van der Waals surface area contributed by atoms with Crippen LogP contribution in [0.5, 0.6) is 0 Å². The largest absolute Gasteiger partial charge is 0.480 e. The van der Waals surface area contributed by atoms with E-state index in [0.717, 1.165) is 11.8 Å². The molecular formula is C48H64N2O17. The maximum atomic E-state index is 15.0. The Morgan fingerprint density at radius 1 is 0.925 bits per heavy atom. The van der Waals surface area contributed by atoms with E-state index in [1.165, 1.54) is 26.1 Å². The van der Waals surface area contributed by atoms with Gasteiger partial charge in [-0.05, 0) is 51.4 Å². The first kappa shape index (κ1) is 51.2. The number of hydrogen-bond donors (Lipinski definition) is 6. The summed E-state index contributed by atoms with van der Waals surface area (Å²) in [7, 11) is 1.34. The van der Waals surface area contributed by atoms with Gasteiger partial charge < -0.3 is 59.3 Å². The molecule has 4 fully saturated rings. The highest BCUT2D eigenvalue weighted by atomic mass is 16.6. The lowest BCUT2D eigenvalue weighted by Crippen LogP contribution is -2.83. The monoisotopic (exact) mass is 940 g/mol. The second kappa shape index (κ2) is 19.1. The predicted molar refractivity (Wildman–Crippen MR) is 234 cm³/mol. The van der Waals surface area contributed by atoms with Crippen LogP contribution < -0.4 is 5.32 Å². The first-order valence-electron chi connectivity index (χ1n) is 22.4. The van der Waals surface area contributed by atoms with Gasteiger partial charge in [-0.2, -0.15) is 0 Å². The van der Waals surface area contributed by atoms with Crippen LogP contribution in [0.15, 0.2) is 60.7 Å². The van der Waals surface area contributed by atoms with Gasteiger partial charge in [0.05, 0.1) is 49.5 Å². The zero-order valence-corrected chi connectivity index (χ0v) is 39.2. The number of nitrogens with zero attached hydrogens (tertiary/aromatic N) is 1. The van der Waals surface area contributed by atoms with E-state index >= 15 is 0 Å². The number of aliphatic hydroxyl groups excluding tert-OH is 3. The van der Waals surface area contributed by atoms with Gasteiger partial charge in [0.25, 0.3) is 0 Å². The number of ether oxygens (including phenoxy) is 6. The fraction of sp³-hybridized carbons (Fsp3) is 0.625. The van der Waals surface area contributed by atoms with Crippen molar-refractivity contribution in [3.63, 3.8) is 0 Å². The number of nitrogens with one attached hydrogen (secondary N) is 1. The summed E-state index contributed by atoms with van der Waals surface area (Å²) in [6, 6.07) is 14.3. The Kier molecular flexibility index (Phi) is 14.6. The lowest BCUT2D eigenvalue weighted by molar-refractivity contribution is -0.379. The van der Waals surface area contributed by atoms with Crippen molar-refractivity contribution < 1.29 is 82.7 Å². The van der Waals surface area contributed by atoms with Gasteiger partial charge in [0.1, 0.15) is 35.6 Å². The minimum Gasteiger partial charge on any atom is -0.480 e. The molecule has 19 nitrogen and oxygen atoms in total. The molecule has 0 radical (unpaired) electrons. The lowest BCUT2D eigenvalue weighted by Gasteiger charge is -2.70. The number of carbonyl (C=O) groups is 6. The maximum absolute atomic E-state index is 15.0. The number of hydrogen-bond acceptors (Lipinski definition) is 17. The van der Waals surface area contributed by atoms with Crippen LogP contribution in [0.4, 0.5) is 4.79 Å². The van der Waals surface area contributed by atoms with E-state index < -0.39 is 150 Å². The van der Waals surface area contributed by atoms with E-state index in [1.54, 1.807) is 90.1 Å². The number of carboxylic acid groups (broad SMARTS) is 1. The standard InChI is InChI=1S/C48H64N2O17/c1-25-29(63-42(59)37(64-33(55)23-50(9)22-32(53)54)35(27-16-12-10-13-17-27)49-43(60)67-44(3,4)5)21-48(61)40(65-41(58)28-18-14-11-15-19-28)38-46(8,39(57)36(56)34(25)45(48,6)7)30(52)20-31-47(38,24-62-31)66-26(2)51/h10-19,25,29-31,34-40,52,56-57,61H,20-24H2,1-9H3,(H,49,60)(H,53,54)/t25-,29+,30+,31-,34?,35+,36-,37-,38+,39-,40+,46-,47+,48-/m1/s1. The molecule has 1 aliphatic heterocycles. The molecule has 368 valence electrons. The summed E-state index contributed by atoms with van der Waals surface area (Å²) < 4.78 is 36.0. The van der Waals surface area contributed by atoms with Crippen LogP contribution in [0.1, 0.15) is 90.2 Å². The smallest absolute Gasteiger partial charge is 0.408 e. The fourth-order valence-corrected chi connectivity index (χ4v) is 11.2. The topological polar surface area (TPSA) is 274 Å². The highest BCUT2D eigenvalue weighted by Crippen LogP contribution is 2.66. The third kappa shape index (κ3) is 9.76. The molecule has 1 heterocycles. The van der Waals surface area contributed by atoms with Crippen LogP contribution in [-0.2, 0) is 47.6 Å². The van der Waals surface area contributed by atoms with E-state index in [0.29, 0.717) is 0 Å². The number of likely N-dealkylation sites (N-methyl/N-ethyl adjacent to an activating group) is 1. The molecule has 19 heteroatoms. The predicted octanol–water partition coefficient (Wildman–Crippen LogP) is 2.55. The van der Waals surface area contributed by atoms with Crippen molar-refractivity contribution in [3.05, 3.63) is 71.8 Å². The van der Waals surface area contributed by atoms with Gasteiger partial charge in [0, 0.05) is 36.5 Å². The molecule has 3 aliphatic carbocycles. The Morgan fingerprint density at radius 3 is 2.09 bits per heavy atom. The number of aliphatic carboxylic acids is 1. The van der Waals surface area contributed by atoms with Crippen molar-refractivity contribution in [1.82, 2.24) is 10.2 Å². The van der Waals surface area contributed by atoms with E-state index in [4.69, 9.17) is 28.4 Å². The number of rotatable bonds is 13. The van der Waals surface area contributed by atoms with E-state index in [1.807, 2.05) is 0 Å². The zero-order chi connectivity index (χ0) is 49.6. The molecule has 3 saturated carbocycles. The van der Waals surface area contributed by atoms with Gasteiger partial charge in [0.15, 0.2) is 5.60 Å². The summed E-state index contributed by atoms with van der Waals surface area (Å²) >= 11 is 0. The second-order valence-corrected chi connectivity index (χ2v) is 20.3. The van der Waals surface area contributed by atoms with Crippen molar-refractivity contribution in [1.29, 1.82) is 0 Å². The second-order valence-electron chi connectivity index (χ2n) is 20.3. The summed E-state index contributed by atoms with van der Waals surface area (Å²) in [6.45, 7) is 10.9. The van der Waals surface area contributed by atoms with Crippen molar-refractivity contribution in [3.8, 4) is 0 Å². The fourth-order valence-electron chi connectivity index (χ4n) is 11.2. The first-order chi connectivity index (χ1) is 31.2. The van der Waals surface area contributed by atoms with Crippen molar-refractivity contribution >= 4 is 35.9 Å². The molecule has 0 spiro atoms. The van der Waals surface area contributed by atoms with E-state index in [-0.39, 0.29) is 24.2 Å². The molecular weight excluding hydrogens is 877 g/mol. The maximum Gasteiger partial charge on any atom is 0.408 e. The molecule has 6 rings (SSSR count). The van der Waals surface area contributed by atoms with E-state index in [2.05, 4.69) is 5.32 Å². The van der Waals surface area contributed by atoms with Gasteiger partial charge in [-0.3, -0.25) is 19.3 Å². The van der Waals surface area contributed by atoms with Crippen LogP contribution in [0.2, 0.25) is 0 Å². The summed E-state index contributed by atoms with van der Waals surface area (Å²) in [5.41, 5.74) is -8.17. The van der Waals surface area contributed by atoms with Crippen LogP contribution in [0.25, 0.3) is 0 Å². The number of fused-ring (bicyclic) bond motifs is 5. The SMILES string of the molecule is CC(=O)O[C@@]12CO[C@@H]1C[C@H](O)[C@@]1(C)[C@H](O)[C@H](O)C3[C@H](C)[C@@H](OC(=O)[C@H](OC(=O)CN(C)CC(=O)O)[C@@H](NC(=O)OC(C)(C)C)c4ccccc4)C[C@@](O)([C@@H](OC(=O)c4ccccc4)[C@H]21)C3(C)C. The summed E-state index contributed by atoms with van der Waals surface area (Å²) in [5, 5.41) is 62.8. The van der Waals surface area contributed by atoms with E-state index in [9.17, 15) is 54.3 Å². The number of carboxylic acids is 1. The molecule has 6 N–H and O–H groups in total. The Hall–Kier alpha value is -5.18. The average Bonchev–Trinajstić information content (AvgIpc) is 3.22. The van der Waals surface area contributed by atoms with Crippen LogP contribution >= 0.6 is 0 Å². The molecule has 67 heavy (non-hydrogen) atoms. The molecule has 2 aromatic rings. The lowest BCUT2D eigenvalue weighted by atomic mass is 9.42. The Labute approximate surface area is 389 Å². The number of aliphatic hydroxyl groups is 4. The Balaban J connectivity index is 1.49. The van der Waals surface area contributed by atoms with Gasteiger partial charge in [-0.15, -0.1) is 0 Å². The highest BCUT2D eigenvalue weighted by molar-refractivity contribution is 5.89. The number of carbonyl (C=O) groups excluding carboxylic acids is 5. The molecule has 1 unspecified atom stereocenters. The minimum absolute atomic E-state index is 0.0689. The van der Waals surface area contributed by atoms with Gasteiger partial charge in [-0.1, -0.05) is 76.2 Å². The van der Waals surface area contributed by atoms with Crippen molar-refractivity contribution in [2.24, 2.45) is 28.6 Å². The van der Waals surface area contributed by atoms with Crippen molar-refractivity contribution in [2.75, 3.05) is 26.7 Å². The molecule has 14 atom stereocenters. The highest BCUT2D eigenvalue weighted by Gasteiger charge is 2.79. The molecule has 2 bridgehead atoms. The quantitative estimate of drug-likeness (QED) is 0.124. The molecule has 2 aromatic carbocycles. The van der Waals surface area contributed by atoms with Crippen LogP contribution in [-0.4, -0.2) is 153 Å². The Bertz CT molecular complexity index is 2170. The zero-order valence-electron chi connectivity index (χ0n) is 39.2. The van der Waals surface area contributed by atoms with Crippen molar-refractivity contribution in [2.45, 2.75) is 134 Å². The normalized spacial score (nSPS) is 33.9. The van der Waals surface area contributed by atoms with Gasteiger partial charge in [0.2, 0.25) is 6.10 Å². The molecule has 1 saturated heterocycles. The minimum atomic E-state index is -2.36. The number of benzene rings is 2. The average molecular weight is 941 g/mol. The summed E-state index contributed by atoms with van der Waals surface area (Å²) in [4.78, 5) is 82.0.